The summed E-state index contributed by atoms with van der Waals surface area (Å²) in [4.78, 5) is 24.2. The van der Waals surface area contributed by atoms with E-state index in [0.717, 1.165) is 56.8 Å². The van der Waals surface area contributed by atoms with Crippen LogP contribution in [0.25, 0.3) is 11.0 Å². The van der Waals surface area contributed by atoms with E-state index in [1.807, 2.05) is 30.3 Å². The number of ether oxygens (including phenoxy) is 1. The lowest BCUT2D eigenvalue weighted by molar-refractivity contribution is 0.0378. The molecule has 8 heteroatoms. The van der Waals surface area contributed by atoms with Gasteiger partial charge in [-0.25, -0.2) is 4.98 Å². The van der Waals surface area contributed by atoms with Crippen molar-refractivity contribution in [1.29, 1.82) is 0 Å². The number of benzene rings is 1. The molecule has 0 amide bonds. The van der Waals surface area contributed by atoms with Gasteiger partial charge >= 0.3 is 0 Å². The average molecular weight is 428 g/mol. The Labute approximate surface area is 180 Å². The number of morpholine rings is 1. The van der Waals surface area contributed by atoms with Crippen LogP contribution in [0.15, 0.2) is 41.3 Å². The molecule has 2 aromatic heterocycles. The summed E-state index contributed by atoms with van der Waals surface area (Å²) in [6.07, 6.45) is 3.32. The zero-order valence-electron chi connectivity index (χ0n) is 17.1. The Balaban J connectivity index is 1.44. The fourth-order valence-electron chi connectivity index (χ4n) is 3.68. The lowest BCUT2D eigenvalue weighted by Gasteiger charge is -2.26. The summed E-state index contributed by atoms with van der Waals surface area (Å²) in [5, 5.41) is 4.81. The van der Waals surface area contributed by atoms with Crippen LogP contribution >= 0.6 is 11.6 Å². The van der Waals surface area contributed by atoms with Gasteiger partial charge in [0.25, 0.3) is 5.56 Å². The maximum absolute atomic E-state index is 12.8. The second-order valence-electron chi connectivity index (χ2n) is 7.54. The summed E-state index contributed by atoms with van der Waals surface area (Å²) in [5.74, 6) is 0.546. The Morgan fingerprint density at radius 3 is 2.73 bits per heavy atom. The zero-order chi connectivity index (χ0) is 20.9. The van der Waals surface area contributed by atoms with Crippen LogP contribution in [0.4, 0.5) is 5.95 Å². The Kier molecular flexibility index (Phi) is 6.62. The van der Waals surface area contributed by atoms with Crippen molar-refractivity contribution < 1.29 is 4.74 Å². The molecule has 0 aliphatic carbocycles. The predicted molar refractivity (Wildman–Crippen MR) is 119 cm³/mol. The normalized spacial score (nSPS) is 14.9. The van der Waals surface area contributed by atoms with Gasteiger partial charge in [-0.1, -0.05) is 23.7 Å². The quantitative estimate of drug-likeness (QED) is 0.584. The molecule has 1 aliphatic rings. The summed E-state index contributed by atoms with van der Waals surface area (Å²) in [7, 11) is 1.76. The molecule has 1 fully saturated rings. The van der Waals surface area contributed by atoms with E-state index in [0.29, 0.717) is 28.6 Å². The number of hydrogen-bond donors (Lipinski definition) is 1. The molecule has 0 radical (unpaired) electrons. The van der Waals surface area contributed by atoms with Gasteiger partial charge < -0.3 is 10.1 Å². The summed E-state index contributed by atoms with van der Waals surface area (Å²) < 4.78 is 6.97. The van der Waals surface area contributed by atoms with Crippen LogP contribution in [0, 0.1) is 0 Å². The molecule has 3 heterocycles. The topological polar surface area (TPSA) is 72.3 Å². The van der Waals surface area contributed by atoms with E-state index in [-0.39, 0.29) is 5.56 Å². The molecule has 1 N–H and O–H groups in total. The number of halogens is 1. The highest BCUT2D eigenvalue weighted by Crippen LogP contribution is 2.16. The molecule has 1 aromatic carbocycles. The smallest absolute Gasteiger partial charge is 0.255 e. The van der Waals surface area contributed by atoms with Gasteiger partial charge in [-0.2, -0.15) is 4.98 Å². The van der Waals surface area contributed by atoms with E-state index < -0.39 is 0 Å². The first kappa shape index (κ1) is 20.8. The zero-order valence-corrected chi connectivity index (χ0v) is 17.9. The number of hydrogen-bond acceptors (Lipinski definition) is 6. The van der Waals surface area contributed by atoms with Crippen molar-refractivity contribution in [3.8, 4) is 0 Å². The van der Waals surface area contributed by atoms with Crippen molar-refractivity contribution in [2.45, 2.75) is 12.8 Å². The number of aryl methyl sites for hydroxylation is 1. The Morgan fingerprint density at radius 2 is 1.97 bits per heavy atom. The monoisotopic (exact) mass is 427 g/mol. The first-order chi connectivity index (χ1) is 14.6. The molecule has 0 atom stereocenters. The molecule has 1 saturated heterocycles. The number of aromatic nitrogens is 3. The highest BCUT2D eigenvalue weighted by atomic mass is 35.5. The van der Waals surface area contributed by atoms with Gasteiger partial charge in [0, 0.05) is 55.3 Å². The molecule has 4 rings (SSSR count). The van der Waals surface area contributed by atoms with E-state index in [4.69, 9.17) is 16.3 Å². The second kappa shape index (κ2) is 9.55. The average Bonchev–Trinajstić information content (AvgIpc) is 2.77. The highest BCUT2D eigenvalue weighted by molar-refractivity contribution is 6.30. The third kappa shape index (κ3) is 4.98. The van der Waals surface area contributed by atoms with Crippen molar-refractivity contribution in [2.75, 3.05) is 44.7 Å². The van der Waals surface area contributed by atoms with Gasteiger partial charge in [0.15, 0.2) is 0 Å². The molecule has 0 unspecified atom stereocenters. The van der Waals surface area contributed by atoms with E-state index in [1.54, 1.807) is 17.8 Å². The lowest BCUT2D eigenvalue weighted by atomic mass is 10.1. The van der Waals surface area contributed by atoms with Crippen molar-refractivity contribution in [1.82, 2.24) is 19.4 Å². The summed E-state index contributed by atoms with van der Waals surface area (Å²) in [6.45, 7) is 5.42. The van der Waals surface area contributed by atoms with Gasteiger partial charge in [0.1, 0.15) is 5.65 Å². The molecule has 7 nitrogen and oxygen atoms in total. The first-order valence-electron chi connectivity index (χ1n) is 10.2. The fraction of sp³-hybridized carbons (Fsp3) is 0.409. The number of rotatable bonds is 7. The molecule has 30 heavy (non-hydrogen) atoms. The standard InChI is InChI=1S/C22H26ClN5O2/c1-27-20-18(14-17(21(27)29)13-16-3-5-19(23)6-4-16)15-25-22(26-20)24-7-2-8-28-9-11-30-12-10-28/h3-6,14-15H,2,7-13H2,1H3,(H,24,25,26). The molecule has 0 bridgehead atoms. The van der Waals surface area contributed by atoms with Gasteiger partial charge in [-0.3, -0.25) is 14.3 Å². The number of pyridine rings is 1. The number of nitrogens with zero attached hydrogens (tertiary/aromatic N) is 4. The molecule has 0 spiro atoms. The van der Waals surface area contributed by atoms with E-state index >= 15 is 0 Å². The first-order valence-corrected chi connectivity index (χ1v) is 10.6. The minimum Gasteiger partial charge on any atom is -0.379 e. The van der Waals surface area contributed by atoms with Crippen LogP contribution in [0.5, 0.6) is 0 Å². The van der Waals surface area contributed by atoms with Crippen LogP contribution in [0.1, 0.15) is 17.5 Å². The van der Waals surface area contributed by atoms with E-state index in [9.17, 15) is 4.79 Å². The maximum atomic E-state index is 12.8. The maximum Gasteiger partial charge on any atom is 0.255 e. The largest absolute Gasteiger partial charge is 0.379 e. The van der Waals surface area contributed by atoms with Crippen LogP contribution in [0.3, 0.4) is 0 Å². The van der Waals surface area contributed by atoms with Crippen LogP contribution in [-0.2, 0) is 18.2 Å². The van der Waals surface area contributed by atoms with Crippen LogP contribution in [0.2, 0.25) is 5.02 Å². The Morgan fingerprint density at radius 1 is 1.20 bits per heavy atom. The third-order valence-corrected chi connectivity index (χ3v) is 5.62. The summed E-state index contributed by atoms with van der Waals surface area (Å²) >= 11 is 5.95. The lowest BCUT2D eigenvalue weighted by Crippen LogP contribution is -2.37. The molecule has 1 aliphatic heterocycles. The van der Waals surface area contributed by atoms with Crippen molar-refractivity contribution >= 4 is 28.6 Å². The predicted octanol–water partition coefficient (Wildman–Crippen LogP) is 2.71. The van der Waals surface area contributed by atoms with Crippen LogP contribution in [-0.4, -0.2) is 58.8 Å². The van der Waals surface area contributed by atoms with Crippen molar-refractivity contribution in [3.63, 3.8) is 0 Å². The van der Waals surface area contributed by atoms with E-state index in [2.05, 4.69) is 20.2 Å². The fourth-order valence-corrected chi connectivity index (χ4v) is 3.80. The molecule has 0 saturated carbocycles. The highest BCUT2D eigenvalue weighted by Gasteiger charge is 2.11. The van der Waals surface area contributed by atoms with Gasteiger partial charge in [-0.15, -0.1) is 0 Å². The van der Waals surface area contributed by atoms with E-state index in [1.165, 1.54) is 0 Å². The number of fused-ring (bicyclic) bond motifs is 1. The third-order valence-electron chi connectivity index (χ3n) is 5.37. The van der Waals surface area contributed by atoms with Gasteiger partial charge in [0.2, 0.25) is 5.95 Å². The van der Waals surface area contributed by atoms with Gasteiger partial charge in [-0.05, 0) is 36.7 Å². The molecular formula is C22H26ClN5O2. The molecular weight excluding hydrogens is 402 g/mol. The summed E-state index contributed by atoms with van der Waals surface area (Å²) in [6, 6.07) is 9.43. The SMILES string of the molecule is Cn1c(=O)c(Cc2ccc(Cl)cc2)cc2cnc(NCCCN3CCOCC3)nc21. The minimum atomic E-state index is -0.0468. The molecule has 158 valence electrons. The Bertz CT molecular complexity index is 1060. The Hall–Kier alpha value is -2.48. The van der Waals surface area contributed by atoms with Crippen LogP contribution < -0.4 is 10.9 Å². The second-order valence-corrected chi connectivity index (χ2v) is 7.98. The summed E-state index contributed by atoms with van der Waals surface area (Å²) in [5.41, 5.74) is 2.33. The molecule has 3 aromatic rings. The minimum absolute atomic E-state index is 0.0468. The number of nitrogens with one attached hydrogen (secondary N) is 1. The van der Waals surface area contributed by atoms with Crippen molar-refractivity contribution in [2.24, 2.45) is 7.05 Å². The van der Waals surface area contributed by atoms with Gasteiger partial charge in [0.05, 0.1) is 13.2 Å². The van der Waals surface area contributed by atoms with Crippen molar-refractivity contribution in [3.05, 3.63) is 63.0 Å². The number of anilines is 1.